The molecule has 0 spiro atoms. The fourth-order valence-corrected chi connectivity index (χ4v) is 3.30. The lowest BCUT2D eigenvalue weighted by Gasteiger charge is -2.27. The van der Waals surface area contributed by atoms with Gasteiger partial charge in [-0.25, -0.2) is 0 Å². The Labute approximate surface area is 167 Å². The third kappa shape index (κ3) is 9.18. The number of hydrogen-bond donors (Lipinski definition) is 6. The molecular weight excluding hydrogens is 364 g/mol. The van der Waals surface area contributed by atoms with E-state index in [4.69, 9.17) is 0 Å². The van der Waals surface area contributed by atoms with E-state index < -0.39 is 24.4 Å². The smallest absolute Gasteiger partial charge is 0.120 e. The van der Waals surface area contributed by atoms with E-state index >= 15 is 0 Å². The molecule has 0 aromatic heterocycles. The zero-order valence-corrected chi connectivity index (χ0v) is 17.3. The molecule has 0 saturated heterocycles. The fourth-order valence-electron chi connectivity index (χ4n) is 3.30. The van der Waals surface area contributed by atoms with E-state index in [1.807, 2.05) is 0 Å². The van der Waals surface area contributed by atoms with Crippen LogP contribution in [0.3, 0.4) is 0 Å². The molecule has 1 rings (SSSR count). The maximum Gasteiger partial charge on any atom is 0.120 e. The number of aliphatic hydroxyl groups excluding tert-OH is 4. The Morgan fingerprint density at radius 3 is 1.07 bits per heavy atom. The number of benzene rings is 1. The van der Waals surface area contributed by atoms with E-state index in [0.717, 1.165) is 0 Å². The number of aliphatic hydroxyl groups is 4. The normalized spacial score (nSPS) is 16.4. The van der Waals surface area contributed by atoms with Crippen LogP contribution in [0.25, 0.3) is 0 Å². The molecule has 0 unspecified atom stereocenters. The number of phenols is 2. The van der Waals surface area contributed by atoms with Crippen molar-refractivity contribution in [2.75, 3.05) is 26.2 Å². The second kappa shape index (κ2) is 11.5. The first kappa shape index (κ1) is 24.6. The van der Waals surface area contributed by atoms with Gasteiger partial charge in [0.15, 0.2) is 0 Å². The van der Waals surface area contributed by atoms with E-state index in [1.54, 1.807) is 37.5 Å². The summed E-state index contributed by atoms with van der Waals surface area (Å²) >= 11 is 0. The van der Waals surface area contributed by atoms with Crippen LogP contribution in [0.4, 0.5) is 0 Å². The van der Waals surface area contributed by atoms with Gasteiger partial charge in [-0.2, -0.15) is 0 Å². The predicted molar refractivity (Wildman–Crippen MR) is 107 cm³/mol. The van der Waals surface area contributed by atoms with Crippen molar-refractivity contribution in [3.05, 3.63) is 23.3 Å². The maximum absolute atomic E-state index is 10.4. The minimum atomic E-state index is -0.594. The van der Waals surface area contributed by atoms with E-state index in [2.05, 4.69) is 0 Å². The van der Waals surface area contributed by atoms with Crippen LogP contribution in [-0.4, -0.2) is 91.0 Å². The van der Waals surface area contributed by atoms with E-state index in [1.165, 1.54) is 12.1 Å². The van der Waals surface area contributed by atoms with Gasteiger partial charge in [0, 0.05) is 50.4 Å². The lowest BCUT2D eigenvalue weighted by molar-refractivity contribution is 0.0775. The van der Waals surface area contributed by atoms with Gasteiger partial charge in [0.1, 0.15) is 11.5 Å². The van der Waals surface area contributed by atoms with Crippen molar-refractivity contribution in [1.82, 2.24) is 9.80 Å². The van der Waals surface area contributed by atoms with Crippen molar-refractivity contribution in [3.63, 3.8) is 0 Å². The van der Waals surface area contributed by atoms with E-state index in [0.29, 0.717) is 37.3 Å². The van der Waals surface area contributed by atoms with Crippen LogP contribution in [0.5, 0.6) is 11.5 Å². The molecule has 6 N–H and O–H groups in total. The topological polar surface area (TPSA) is 128 Å². The molecule has 0 aliphatic carbocycles. The minimum absolute atomic E-state index is 0.00281. The Morgan fingerprint density at radius 1 is 0.607 bits per heavy atom. The molecule has 162 valence electrons. The van der Waals surface area contributed by atoms with Crippen molar-refractivity contribution in [2.24, 2.45) is 0 Å². The number of phenolic OH excluding ortho intramolecular Hbond substituents is 2. The predicted octanol–water partition coefficient (Wildman–Crippen LogP) is 0.225. The van der Waals surface area contributed by atoms with Crippen LogP contribution < -0.4 is 0 Å². The van der Waals surface area contributed by atoms with Gasteiger partial charge in [-0.3, -0.25) is 9.80 Å². The summed E-state index contributed by atoms with van der Waals surface area (Å²) in [5, 5.41) is 59.4. The van der Waals surface area contributed by atoms with Gasteiger partial charge >= 0.3 is 0 Å². The summed E-state index contributed by atoms with van der Waals surface area (Å²) in [6, 6.07) is 2.95. The molecule has 8 heteroatoms. The molecule has 0 aliphatic heterocycles. The van der Waals surface area contributed by atoms with Crippen molar-refractivity contribution in [1.29, 1.82) is 0 Å². The third-order valence-corrected chi connectivity index (χ3v) is 4.16. The lowest BCUT2D eigenvalue weighted by Crippen LogP contribution is -2.36. The van der Waals surface area contributed by atoms with Crippen molar-refractivity contribution in [2.45, 2.75) is 65.2 Å². The molecule has 28 heavy (non-hydrogen) atoms. The summed E-state index contributed by atoms with van der Waals surface area (Å²) in [5.74, 6) is 0.00561. The largest absolute Gasteiger partial charge is 0.508 e. The monoisotopic (exact) mass is 400 g/mol. The Bertz CT molecular complexity index is 521. The third-order valence-electron chi connectivity index (χ3n) is 4.16. The SMILES string of the molecule is C[C@H](O)CN(Cc1cc(O)c(CN(C[C@@H](C)O)C[C@@H](C)O)cc1O)C[C@@H](C)O. The fraction of sp³-hybridized carbons (Fsp3) is 0.700. The van der Waals surface area contributed by atoms with Crippen LogP contribution in [0, 0.1) is 0 Å². The van der Waals surface area contributed by atoms with Gasteiger partial charge < -0.3 is 30.6 Å². The van der Waals surface area contributed by atoms with E-state index in [9.17, 15) is 30.6 Å². The second-order valence-electron chi connectivity index (χ2n) is 7.89. The van der Waals surface area contributed by atoms with Gasteiger partial charge in [-0.1, -0.05) is 0 Å². The average Bonchev–Trinajstić information content (AvgIpc) is 2.49. The standard InChI is InChI=1S/C20H36N2O6/c1-13(23)7-21(8-14(2)24)11-17-5-20(28)18(6-19(17)27)12-22(9-15(3)25)10-16(4)26/h5-6,13-16,23-28H,7-12H2,1-4H3/t13-,14-,15-,16+/m1/s1. The first-order chi connectivity index (χ1) is 13.0. The molecule has 0 radical (unpaired) electrons. The Balaban J connectivity index is 2.97. The molecular formula is C20H36N2O6. The number of rotatable bonds is 12. The molecule has 1 aromatic carbocycles. The highest BCUT2D eigenvalue weighted by molar-refractivity contribution is 5.45. The van der Waals surface area contributed by atoms with Crippen molar-refractivity contribution < 1.29 is 30.6 Å². The zero-order valence-electron chi connectivity index (χ0n) is 17.3. The number of aromatic hydroxyl groups is 2. The Kier molecular flexibility index (Phi) is 10.2. The first-order valence-electron chi connectivity index (χ1n) is 9.68. The minimum Gasteiger partial charge on any atom is -0.508 e. The molecule has 0 aliphatic rings. The van der Waals surface area contributed by atoms with Crippen molar-refractivity contribution >= 4 is 0 Å². The summed E-state index contributed by atoms with van der Waals surface area (Å²) < 4.78 is 0. The summed E-state index contributed by atoms with van der Waals surface area (Å²) in [4.78, 5) is 3.60. The highest BCUT2D eigenvalue weighted by Crippen LogP contribution is 2.29. The Hall–Kier alpha value is -1.42. The molecule has 0 amide bonds. The molecule has 8 nitrogen and oxygen atoms in total. The highest BCUT2D eigenvalue weighted by Gasteiger charge is 2.18. The number of nitrogens with zero attached hydrogens (tertiary/aromatic N) is 2. The van der Waals surface area contributed by atoms with Crippen LogP contribution in [-0.2, 0) is 13.1 Å². The van der Waals surface area contributed by atoms with Crippen LogP contribution >= 0.6 is 0 Å². The van der Waals surface area contributed by atoms with Crippen LogP contribution in [0.2, 0.25) is 0 Å². The lowest BCUT2D eigenvalue weighted by atomic mass is 10.1. The summed E-state index contributed by atoms with van der Waals surface area (Å²) in [6.07, 6.45) is -2.38. The summed E-state index contributed by atoms with van der Waals surface area (Å²) in [5.41, 5.74) is 0.973. The Morgan fingerprint density at radius 2 is 0.857 bits per heavy atom. The summed E-state index contributed by atoms with van der Waals surface area (Å²) in [6.45, 7) is 8.41. The quantitative estimate of drug-likeness (QED) is 0.275. The highest BCUT2D eigenvalue weighted by atomic mass is 16.3. The molecule has 0 saturated carbocycles. The molecule has 0 heterocycles. The van der Waals surface area contributed by atoms with E-state index in [-0.39, 0.29) is 24.6 Å². The second-order valence-corrected chi connectivity index (χ2v) is 7.89. The van der Waals surface area contributed by atoms with Crippen LogP contribution in [0.15, 0.2) is 12.1 Å². The molecule has 4 atom stereocenters. The molecule has 0 bridgehead atoms. The zero-order chi connectivity index (χ0) is 21.4. The van der Waals surface area contributed by atoms with Gasteiger partial charge in [0.25, 0.3) is 0 Å². The summed E-state index contributed by atoms with van der Waals surface area (Å²) in [7, 11) is 0. The van der Waals surface area contributed by atoms with Crippen LogP contribution in [0.1, 0.15) is 38.8 Å². The van der Waals surface area contributed by atoms with Gasteiger partial charge in [-0.15, -0.1) is 0 Å². The van der Waals surface area contributed by atoms with Gasteiger partial charge in [0.2, 0.25) is 0 Å². The maximum atomic E-state index is 10.4. The van der Waals surface area contributed by atoms with Crippen molar-refractivity contribution in [3.8, 4) is 11.5 Å². The average molecular weight is 401 g/mol. The van der Waals surface area contributed by atoms with Gasteiger partial charge in [-0.05, 0) is 39.8 Å². The number of hydrogen-bond acceptors (Lipinski definition) is 8. The molecule has 0 fully saturated rings. The van der Waals surface area contributed by atoms with Gasteiger partial charge in [0.05, 0.1) is 24.4 Å². The first-order valence-corrected chi connectivity index (χ1v) is 9.68. The molecule has 1 aromatic rings.